The molecule has 156 valence electrons. The number of sulfonamides is 1. The van der Waals surface area contributed by atoms with Crippen molar-refractivity contribution in [1.82, 2.24) is 0 Å². The molecule has 3 rings (SSSR count). The average Bonchev–Trinajstić information content (AvgIpc) is 2.71. The molecule has 0 radical (unpaired) electrons. The Morgan fingerprint density at radius 1 is 0.933 bits per heavy atom. The Morgan fingerprint density at radius 3 is 2.23 bits per heavy atom. The molecular formula is C23H24N2O4S. The Labute approximate surface area is 177 Å². The highest BCUT2D eigenvalue weighted by Crippen LogP contribution is 2.22. The molecule has 2 N–H and O–H groups in total. The van der Waals surface area contributed by atoms with E-state index in [1.165, 1.54) is 12.1 Å². The van der Waals surface area contributed by atoms with Gasteiger partial charge < -0.3 is 10.1 Å². The summed E-state index contributed by atoms with van der Waals surface area (Å²) < 4.78 is 33.5. The summed E-state index contributed by atoms with van der Waals surface area (Å²) in [7, 11) is -3.74. The van der Waals surface area contributed by atoms with Gasteiger partial charge in [-0.15, -0.1) is 0 Å². The van der Waals surface area contributed by atoms with Gasteiger partial charge in [0.1, 0.15) is 5.75 Å². The summed E-state index contributed by atoms with van der Waals surface area (Å²) >= 11 is 0. The van der Waals surface area contributed by atoms with E-state index in [2.05, 4.69) is 10.0 Å². The lowest BCUT2D eigenvalue weighted by molar-refractivity contribution is -0.122. The van der Waals surface area contributed by atoms with Crippen molar-refractivity contribution in [3.05, 3.63) is 83.9 Å². The van der Waals surface area contributed by atoms with Crippen molar-refractivity contribution >= 4 is 27.3 Å². The van der Waals surface area contributed by atoms with Crippen LogP contribution < -0.4 is 14.8 Å². The second-order valence-corrected chi connectivity index (χ2v) is 8.69. The van der Waals surface area contributed by atoms with Crippen molar-refractivity contribution in [3.8, 4) is 5.75 Å². The fourth-order valence-corrected chi connectivity index (χ4v) is 3.98. The number of hydrogen-bond donors (Lipinski definition) is 2. The summed E-state index contributed by atoms with van der Waals surface area (Å²) in [6, 6.07) is 20.5. The van der Waals surface area contributed by atoms with E-state index in [1.54, 1.807) is 37.3 Å². The van der Waals surface area contributed by atoms with E-state index in [0.717, 1.165) is 11.1 Å². The maximum Gasteiger partial charge on any atom is 0.265 e. The molecule has 1 unspecified atom stereocenters. The molecule has 30 heavy (non-hydrogen) atoms. The molecule has 0 aromatic heterocycles. The molecule has 7 heteroatoms. The minimum Gasteiger partial charge on any atom is -0.481 e. The standard InChI is InChI=1S/C23H24N2O4S/c1-16-9-14-22(17(2)15-16)25-30(27,28)21-12-10-19(11-13-21)24-23(26)18(3)29-20-7-5-4-6-8-20/h4-15,18,25H,1-3H3,(H,24,26). The van der Waals surface area contributed by atoms with E-state index in [9.17, 15) is 13.2 Å². The molecule has 0 aliphatic carbocycles. The maximum atomic E-state index is 12.7. The summed E-state index contributed by atoms with van der Waals surface area (Å²) in [4.78, 5) is 12.4. The second kappa shape index (κ2) is 9.00. The normalized spacial score (nSPS) is 12.1. The summed E-state index contributed by atoms with van der Waals surface area (Å²) in [6.45, 7) is 5.45. The van der Waals surface area contributed by atoms with Crippen LogP contribution in [0, 0.1) is 13.8 Å². The summed E-state index contributed by atoms with van der Waals surface area (Å²) in [5.74, 6) is 0.266. The Kier molecular flexibility index (Phi) is 6.42. The van der Waals surface area contributed by atoms with Crippen molar-refractivity contribution in [3.63, 3.8) is 0 Å². The minimum atomic E-state index is -3.74. The van der Waals surface area contributed by atoms with Gasteiger partial charge in [-0.3, -0.25) is 9.52 Å². The third-order valence-corrected chi connectivity index (χ3v) is 5.87. The van der Waals surface area contributed by atoms with Gasteiger partial charge >= 0.3 is 0 Å². The Balaban J connectivity index is 1.65. The Hall–Kier alpha value is -3.32. The fourth-order valence-electron chi connectivity index (χ4n) is 2.85. The van der Waals surface area contributed by atoms with Crippen LogP contribution in [0.5, 0.6) is 5.75 Å². The molecule has 3 aromatic rings. The van der Waals surface area contributed by atoms with Gasteiger partial charge in [0.2, 0.25) is 0 Å². The zero-order chi connectivity index (χ0) is 21.7. The first-order chi connectivity index (χ1) is 14.2. The van der Waals surface area contributed by atoms with Gasteiger partial charge in [0.15, 0.2) is 6.10 Å². The molecule has 0 bridgehead atoms. The third-order valence-electron chi connectivity index (χ3n) is 4.48. The van der Waals surface area contributed by atoms with Crippen molar-refractivity contribution in [2.24, 2.45) is 0 Å². The van der Waals surface area contributed by atoms with E-state index in [-0.39, 0.29) is 10.8 Å². The van der Waals surface area contributed by atoms with Gasteiger partial charge in [0.25, 0.3) is 15.9 Å². The van der Waals surface area contributed by atoms with E-state index < -0.39 is 16.1 Å². The zero-order valence-electron chi connectivity index (χ0n) is 17.0. The molecule has 0 heterocycles. The van der Waals surface area contributed by atoms with E-state index in [4.69, 9.17) is 4.74 Å². The Bertz CT molecular complexity index is 1130. The summed E-state index contributed by atoms with van der Waals surface area (Å²) in [6.07, 6.45) is -0.706. The van der Waals surface area contributed by atoms with Crippen LogP contribution in [-0.2, 0) is 14.8 Å². The Morgan fingerprint density at radius 2 is 1.60 bits per heavy atom. The van der Waals surface area contributed by atoms with Gasteiger partial charge in [-0.1, -0.05) is 35.9 Å². The number of hydrogen-bond acceptors (Lipinski definition) is 4. The molecule has 0 aliphatic rings. The molecule has 6 nitrogen and oxygen atoms in total. The second-order valence-electron chi connectivity index (χ2n) is 7.01. The van der Waals surface area contributed by atoms with Gasteiger partial charge in [-0.25, -0.2) is 8.42 Å². The van der Waals surface area contributed by atoms with E-state index in [0.29, 0.717) is 17.1 Å². The molecule has 3 aromatic carbocycles. The van der Waals surface area contributed by atoms with Gasteiger partial charge in [0, 0.05) is 5.69 Å². The first-order valence-corrected chi connectivity index (χ1v) is 11.0. The van der Waals surface area contributed by atoms with Gasteiger partial charge in [0.05, 0.1) is 10.6 Å². The largest absolute Gasteiger partial charge is 0.481 e. The maximum absolute atomic E-state index is 12.7. The highest BCUT2D eigenvalue weighted by molar-refractivity contribution is 7.92. The predicted molar refractivity (Wildman–Crippen MR) is 118 cm³/mol. The van der Waals surface area contributed by atoms with Crippen molar-refractivity contribution in [2.75, 3.05) is 10.0 Å². The van der Waals surface area contributed by atoms with Crippen LogP contribution in [-0.4, -0.2) is 20.4 Å². The molecule has 1 atom stereocenters. The van der Waals surface area contributed by atoms with Crippen LogP contribution in [0.2, 0.25) is 0 Å². The number of amides is 1. The molecule has 0 saturated heterocycles. The number of rotatable bonds is 7. The van der Waals surface area contributed by atoms with Crippen molar-refractivity contribution in [2.45, 2.75) is 31.8 Å². The lowest BCUT2D eigenvalue weighted by Crippen LogP contribution is -2.30. The monoisotopic (exact) mass is 424 g/mol. The lowest BCUT2D eigenvalue weighted by Gasteiger charge is -2.15. The van der Waals surface area contributed by atoms with Crippen LogP contribution in [0.3, 0.4) is 0 Å². The summed E-state index contributed by atoms with van der Waals surface area (Å²) in [5.41, 5.74) is 2.91. The van der Waals surface area contributed by atoms with Crippen molar-refractivity contribution in [1.29, 1.82) is 0 Å². The number of ether oxygens (including phenoxy) is 1. The zero-order valence-corrected chi connectivity index (χ0v) is 17.9. The number of nitrogens with one attached hydrogen (secondary N) is 2. The fraction of sp³-hybridized carbons (Fsp3) is 0.174. The van der Waals surface area contributed by atoms with Gasteiger partial charge in [-0.2, -0.15) is 0 Å². The minimum absolute atomic E-state index is 0.106. The first kappa shape index (κ1) is 21.4. The number of carbonyl (C=O) groups is 1. The quantitative estimate of drug-likeness (QED) is 0.584. The predicted octanol–water partition coefficient (Wildman–Crippen LogP) is 4.51. The molecular weight excluding hydrogens is 400 g/mol. The van der Waals surface area contributed by atoms with Crippen LogP contribution in [0.15, 0.2) is 77.7 Å². The van der Waals surface area contributed by atoms with E-state index >= 15 is 0 Å². The number of benzene rings is 3. The topological polar surface area (TPSA) is 84.5 Å². The molecule has 0 fully saturated rings. The number of aryl methyl sites for hydroxylation is 2. The molecule has 0 aliphatic heterocycles. The molecule has 0 saturated carbocycles. The van der Waals surface area contributed by atoms with Crippen LogP contribution >= 0.6 is 0 Å². The SMILES string of the molecule is Cc1ccc(NS(=O)(=O)c2ccc(NC(=O)C(C)Oc3ccccc3)cc2)c(C)c1. The smallest absolute Gasteiger partial charge is 0.265 e. The molecule has 1 amide bonds. The average molecular weight is 425 g/mol. The van der Waals surface area contributed by atoms with Gasteiger partial charge in [-0.05, 0) is 68.8 Å². The highest BCUT2D eigenvalue weighted by Gasteiger charge is 2.17. The van der Waals surface area contributed by atoms with Crippen molar-refractivity contribution < 1.29 is 17.9 Å². The van der Waals surface area contributed by atoms with Crippen LogP contribution in [0.25, 0.3) is 0 Å². The van der Waals surface area contributed by atoms with Crippen LogP contribution in [0.4, 0.5) is 11.4 Å². The summed E-state index contributed by atoms with van der Waals surface area (Å²) in [5, 5.41) is 2.73. The number of carbonyl (C=O) groups excluding carboxylic acids is 1. The number of anilines is 2. The molecule has 0 spiro atoms. The van der Waals surface area contributed by atoms with Crippen LogP contribution in [0.1, 0.15) is 18.1 Å². The highest BCUT2D eigenvalue weighted by atomic mass is 32.2. The lowest BCUT2D eigenvalue weighted by atomic mass is 10.1. The third kappa shape index (κ3) is 5.39. The first-order valence-electron chi connectivity index (χ1n) is 9.47. The number of para-hydroxylation sites is 1. The van der Waals surface area contributed by atoms with E-state index in [1.807, 2.05) is 44.2 Å².